The molecule has 2 heteroatoms. The van der Waals surface area contributed by atoms with Crippen molar-refractivity contribution in [2.24, 2.45) is 0 Å². The Bertz CT molecular complexity index is 267. The lowest BCUT2D eigenvalue weighted by molar-refractivity contribution is 0.207. The van der Waals surface area contributed by atoms with Crippen LogP contribution in [-0.2, 0) is 6.54 Å². The topological polar surface area (TPSA) is 12.0 Å². The molecule has 0 radical (unpaired) electrons. The minimum absolute atomic E-state index is 0. The SMILES string of the molecule is Br.CC1(NCc2ccccc2)CCC1. The Morgan fingerprint density at radius 1 is 1.21 bits per heavy atom. The quantitative estimate of drug-likeness (QED) is 0.875. The van der Waals surface area contributed by atoms with Gasteiger partial charge in [0.2, 0.25) is 0 Å². The first-order valence-corrected chi connectivity index (χ1v) is 5.07. The van der Waals surface area contributed by atoms with Gasteiger partial charge in [-0.2, -0.15) is 0 Å². The minimum atomic E-state index is 0. The number of hydrogen-bond donors (Lipinski definition) is 1. The molecule has 0 unspecified atom stereocenters. The molecule has 0 aliphatic heterocycles. The predicted octanol–water partition coefficient (Wildman–Crippen LogP) is 3.30. The number of halogens is 1. The van der Waals surface area contributed by atoms with Crippen molar-refractivity contribution in [2.75, 3.05) is 0 Å². The first-order chi connectivity index (χ1) is 6.29. The van der Waals surface area contributed by atoms with Crippen LogP contribution in [0.25, 0.3) is 0 Å². The van der Waals surface area contributed by atoms with Gasteiger partial charge in [-0.1, -0.05) is 30.3 Å². The van der Waals surface area contributed by atoms with Gasteiger partial charge in [-0.15, -0.1) is 17.0 Å². The Morgan fingerprint density at radius 2 is 1.86 bits per heavy atom. The van der Waals surface area contributed by atoms with Crippen molar-refractivity contribution < 1.29 is 0 Å². The fourth-order valence-corrected chi connectivity index (χ4v) is 1.80. The number of hydrogen-bond acceptors (Lipinski definition) is 1. The second-order valence-corrected chi connectivity index (χ2v) is 4.25. The largest absolute Gasteiger partial charge is 0.307 e. The van der Waals surface area contributed by atoms with E-state index in [9.17, 15) is 0 Å². The molecule has 0 bridgehead atoms. The molecular weight excluding hydrogens is 238 g/mol. The van der Waals surface area contributed by atoms with Crippen LogP contribution in [0.3, 0.4) is 0 Å². The summed E-state index contributed by atoms with van der Waals surface area (Å²) in [7, 11) is 0. The summed E-state index contributed by atoms with van der Waals surface area (Å²) in [6.07, 6.45) is 4.05. The highest BCUT2D eigenvalue weighted by atomic mass is 79.9. The zero-order chi connectivity index (χ0) is 9.15. The molecule has 78 valence electrons. The Kier molecular flexibility index (Phi) is 4.14. The molecule has 1 nitrogen and oxygen atoms in total. The van der Waals surface area contributed by atoms with E-state index in [1.807, 2.05) is 0 Å². The fraction of sp³-hybridized carbons (Fsp3) is 0.500. The number of rotatable bonds is 3. The highest BCUT2D eigenvalue weighted by Gasteiger charge is 2.30. The summed E-state index contributed by atoms with van der Waals surface area (Å²) in [6, 6.07) is 10.6. The molecule has 2 rings (SSSR count). The standard InChI is InChI=1S/C12H17N.BrH/c1-12(8-5-9-12)13-10-11-6-3-2-4-7-11;/h2-4,6-7,13H,5,8-10H2,1H3;1H. The zero-order valence-electron chi connectivity index (χ0n) is 8.62. The third kappa shape index (κ3) is 2.82. The Hall–Kier alpha value is -0.340. The van der Waals surface area contributed by atoms with Crippen LogP contribution in [0.5, 0.6) is 0 Å². The van der Waals surface area contributed by atoms with Crippen LogP contribution in [-0.4, -0.2) is 5.54 Å². The van der Waals surface area contributed by atoms with E-state index in [0.717, 1.165) is 6.54 Å². The molecule has 1 aromatic rings. The second-order valence-electron chi connectivity index (χ2n) is 4.25. The van der Waals surface area contributed by atoms with Gasteiger partial charge >= 0.3 is 0 Å². The smallest absolute Gasteiger partial charge is 0.0210 e. The lowest BCUT2D eigenvalue weighted by Crippen LogP contribution is -2.47. The first kappa shape index (κ1) is 11.7. The van der Waals surface area contributed by atoms with Crippen molar-refractivity contribution in [2.45, 2.75) is 38.3 Å². The van der Waals surface area contributed by atoms with E-state index in [1.165, 1.54) is 24.8 Å². The molecule has 0 aromatic heterocycles. The maximum atomic E-state index is 3.61. The van der Waals surface area contributed by atoms with Gasteiger partial charge in [0.15, 0.2) is 0 Å². The summed E-state index contributed by atoms with van der Waals surface area (Å²) in [6.45, 7) is 3.33. The average Bonchev–Trinajstić information content (AvgIpc) is 2.13. The molecule has 1 aromatic carbocycles. The molecule has 0 spiro atoms. The second kappa shape index (κ2) is 4.94. The van der Waals surface area contributed by atoms with E-state index in [0.29, 0.717) is 5.54 Å². The fourth-order valence-electron chi connectivity index (χ4n) is 1.80. The van der Waals surface area contributed by atoms with Crippen LogP contribution in [0.1, 0.15) is 31.7 Å². The molecule has 0 amide bonds. The minimum Gasteiger partial charge on any atom is -0.307 e. The van der Waals surface area contributed by atoms with Gasteiger partial charge in [0.1, 0.15) is 0 Å². The van der Waals surface area contributed by atoms with Crippen LogP contribution < -0.4 is 5.32 Å². The van der Waals surface area contributed by atoms with E-state index in [2.05, 4.69) is 42.6 Å². The van der Waals surface area contributed by atoms with E-state index >= 15 is 0 Å². The zero-order valence-corrected chi connectivity index (χ0v) is 10.3. The summed E-state index contributed by atoms with van der Waals surface area (Å²) in [5, 5.41) is 3.61. The highest BCUT2D eigenvalue weighted by Crippen LogP contribution is 2.31. The highest BCUT2D eigenvalue weighted by molar-refractivity contribution is 8.93. The Balaban J connectivity index is 0.000000980. The van der Waals surface area contributed by atoms with Crippen LogP contribution in [0.4, 0.5) is 0 Å². The number of nitrogens with one attached hydrogen (secondary N) is 1. The van der Waals surface area contributed by atoms with Crippen molar-refractivity contribution in [3.8, 4) is 0 Å². The molecule has 1 aliphatic rings. The molecule has 0 heterocycles. The van der Waals surface area contributed by atoms with Crippen molar-refractivity contribution in [1.82, 2.24) is 5.32 Å². The van der Waals surface area contributed by atoms with Crippen LogP contribution >= 0.6 is 17.0 Å². The van der Waals surface area contributed by atoms with Gasteiger partial charge in [-0.3, -0.25) is 0 Å². The van der Waals surface area contributed by atoms with E-state index in [1.54, 1.807) is 0 Å². The van der Waals surface area contributed by atoms with Gasteiger partial charge in [-0.05, 0) is 31.7 Å². The predicted molar refractivity (Wildman–Crippen MR) is 65.9 cm³/mol. The number of benzene rings is 1. The lowest BCUT2D eigenvalue weighted by Gasteiger charge is -2.39. The van der Waals surface area contributed by atoms with E-state index in [-0.39, 0.29) is 17.0 Å². The molecule has 1 aliphatic carbocycles. The van der Waals surface area contributed by atoms with E-state index in [4.69, 9.17) is 0 Å². The summed E-state index contributed by atoms with van der Waals surface area (Å²) in [5.74, 6) is 0. The van der Waals surface area contributed by atoms with Crippen LogP contribution in [0.15, 0.2) is 30.3 Å². The van der Waals surface area contributed by atoms with Crippen LogP contribution in [0.2, 0.25) is 0 Å². The molecule has 1 fully saturated rings. The normalized spacial score (nSPS) is 18.1. The average molecular weight is 256 g/mol. The van der Waals surface area contributed by atoms with Gasteiger partial charge in [0, 0.05) is 12.1 Å². The van der Waals surface area contributed by atoms with Crippen molar-refractivity contribution in [3.63, 3.8) is 0 Å². The van der Waals surface area contributed by atoms with Crippen LogP contribution in [0, 0.1) is 0 Å². The lowest BCUT2D eigenvalue weighted by atomic mass is 9.78. The van der Waals surface area contributed by atoms with Crippen molar-refractivity contribution in [1.29, 1.82) is 0 Å². The summed E-state index contributed by atoms with van der Waals surface area (Å²) >= 11 is 0. The molecular formula is C12H18BrN. The maximum absolute atomic E-state index is 3.61. The summed E-state index contributed by atoms with van der Waals surface area (Å²) in [4.78, 5) is 0. The van der Waals surface area contributed by atoms with Gasteiger partial charge in [-0.25, -0.2) is 0 Å². The Labute approximate surface area is 96.7 Å². The van der Waals surface area contributed by atoms with E-state index < -0.39 is 0 Å². The van der Waals surface area contributed by atoms with Gasteiger partial charge in [0.05, 0.1) is 0 Å². The van der Waals surface area contributed by atoms with Gasteiger partial charge in [0.25, 0.3) is 0 Å². The van der Waals surface area contributed by atoms with Gasteiger partial charge < -0.3 is 5.32 Å². The molecule has 1 saturated carbocycles. The first-order valence-electron chi connectivity index (χ1n) is 5.07. The summed E-state index contributed by atoms with van der Waals surface area (Å²) in [5.41, 5.74) is 1.81. The summed E-state index contributed by atoms with van der Waals surface area (Å²) < 4.78 is 0. The molecule has 14 heavy (non-hydrogen) atoms. The van der Waals surface area contributed by atoms with Crippen molar-refractivity contribution in [3.05, 3.63) is 35.9 Å². The monoisotopic (exact) mass is 255 g/mol. The van der Waals surface area contributed by atoms with Crippen molar-refractivity contribution >= 4 is 17.0 Å². The molecule has 0 saturated heterocycles. The molecule has 1 N–H and O–H groups in total. The maximum Gasteiger partial charge on any atom is 0.0210 e. The third-order valence-electron chi connectivity index (χ3n) is 3.02. The third-order valence-corrected chi connectivity index (χ3v) is 3.02. The molecule has 0 atom stereocenters. The Morgan fingerprint density at radius 3 is 2.36 bits per heavy atom.